The van der Waals surface area contributed by atoms with Gasteiger partial charge in [-0.15, -0.1) is 0 Å². The maximum atomic E-state index is 12.7. The summed E-state index contributed by atoms with van der Waals surface area (Å²) < 4.78 is 42.7. The van der Waals surface area contributed by atoms with E-state index in [4.69, 9.17) is 16.9 Å². The number of nitrogens with zero attached hydrogens (tertiary/aromatic N) is 2. The molecule has 1 aliphatic heterocycles. The lowest BCUT2D eigenvalue weighted by molar-refractivity contribution is -0.209. The number of nitriles is 1. The second-order valence-electron chi connectivity index (χ2n) is 4.68. The van der Waals surface area contributed by atoms with Crippen molar-refractivity contribution in [3.05, 3.63) is 28.3 Å². The van der Waals surface area contributed by atoms with Crippen molar-refractivity contribution in [3.63, 3.8) is 0 Å². The molecule has 1 N–H and O–H groups in total. The Bertz CT molecular complexity index is 657. The van der Waals surface area contributed by atoms with E-state index in [2.05, 4.69) is 4.74 Å². The largest absolute Gasteiger partial charge is 0.447 e. The van der Waals surface area contributed by atoms with Gasteiger partial charge in [0.05, 0.1) is 16.3 Å². The first-order valence-corrected chi connectivity index (χ1v) is 6.46. The summed E-state index contributed by atoms with van der Waals surface area (Å²) in [7, 11) is 0. The molecule has 2 rings (SSSR count). The zero-order valence-electron chi connectivity index (χ0n) is 11.2. The Hall–Kier alpha value is -1.98. The van der Waals surface area contributed by atoms with Crippen LogP contribution in [-0.4, -0.2) is 36.1 Å². The molecule has 1 aromatic rings. The van der Waals surface area contributed by atoms with Crippen molar-refractivity contribution >= 4 is 23.4 Å². The molecule has 0 unspecified atom stereocenters. The zero-order valence-corrected chi connectivity index (χ0v) is 11.9. The first-order chi connectivity index (χ1) is 10.2. The molecular formula is C13H10ClF3N2O3. The number of hydrogen-bond donors (Lipinski definition) is 1. The first-order valence-electron chi connectivity index (χ1n) is 6.08. The van der Waals surface area contributed by atoms with Gasteiger partial charge in [0, 0.05) is 0 Å². The molecule has 1 saturated heterocycles. The Kier molecular flexibility index (Phi) is 4.22. The molecule has 1 aliphatic rings. The minimum absolute atomic E-state index is 0.0277. The Morgan fingerprint density at radius 2 is 2.18 bits per heavy atom. The summed E-state index contributed by atoms with van der Waals surface area (Å²) >= 11 is 5.96. The maximum absolute atomic E-state index is 12.7. The number of carbonyl (C=O) groups is 1. The highest BCUT2D eigenvalue weighted by Gasteiger charge is 2.51. The second kappa shape index (κ2) is 5.66. The molecule has 2 atom stereocenters. The number of anilines is 1. The highest BCUT2D eigenvalue weighted by Crippen LogP contribution is 2.36. The number of aliphatic hydroxyl groups is 1. The fourth-order valence-electron chi connectivity index (χ4n) is 2.19. The molecule has 118 valence electrons. The van der Waals surface area contributed by atoms with E-state index in [1.54, 1.807) is 0 Å². The van der Waals surface area contributed by atoms with E-state index >= 15 is 0 Å². The predicted molar refractivity (Wildman–Crippen MR) is 70.6 cm³/mol. The van der Waals surface area contributed by atoms with Gasteiger partial charge in [-0.2, -0.15) is 18.4 Å². The van der Waals surface area contributed by atoms with Gasteiger partial charge >= 0.3 is 12.3 Å². The molecule has 22 heavy (non-hydrogen) atoms. The van der Waals surface area contributed by atoms with Crippen LogP contribution in [0.2, 0.25) is 5.02 Å². The molecule has 1 fully saturated rings. The summed E-state index contributed by atoms with van der Waals surface area (Å²) in [5.74, 6) is 0. The Balaban J connectivity index is 2.48. The molecule has 1 aromatic carbocycles. The summed E-state index contributed by atoms with van der Waals surface area (Å²) in [5.41, 5.74) is 0.433. The van der Waals surface area contributed by atoms with Gasteiger partial charge in [0.15, 0.2) is 6.10 Å². The third kappa shape index (κ3) is 2.69. The van der Waals surface area contributed by atoms with Crippen LogP contribution >= 0.6 is 11.6 Å². The molecule has 0 bridgehead atoms. The molecule has 5 nitrogen and oxygen atoms in total. The minimum atomic E-state index is -4.90. The van der Waals surface area contributed by atoms with Gasteiger partial charge in [-0.05, 0) is 24.6 Å². The standard InChI is InChI=1S/C13H10ClF3N2O3/c1-6-8(3-2-7(4-18)10(6)14)19-9(5-22-12(19)21)11(20)13(15,16)17/h2-3,9,11,20H,5H2,1H3/t9-,11+/m0/s1. The highest BCUT2D eigenvalue weighted by molar-refractivity contribution is 6.33. The van der Waals surface area contributed by atoms with Crippen molar-refractivity contribution in [2.24, 2.45) is 0 Å². The van der Waals surface area contributed by atoms with Crippen LogP contribution in [0, 0.1) is 18.3 Å². The summed E-state index contributed by atoms with van der Waals surface area (Å²) in [4.78, 5) is 12.5. The number of benzene rings is 1. The van der Waals surface area contributed by atoms with Crippen LogP contribution in [0.25, 0.3) is 0 Å². The van der Waals surface area contributed by atoms with E-state index in [-0.39, 0.29) is 21.8 Å². The van der Waals surface area contributed by atoms with E-state index in [1.165, 1.54) is 19.1 Å². The van der Waals surface area contributed by atoms with Gasteiger partial charge in [0.25, 0.3) is 0 Å². The van der Waals surface area contributed by atoms with Crippen LogP contribution in [0.15, 0.2) is 12.1 Å². The molecule has 1 heterocycles. The van der Waals surface area contributed by atoms with Crippen molar-refractivity contribution in [1.29, 1.82) is 5.26 Å². The Morgan fingerprint density at radius 3 is 2.73 bits per heavy atom. The van der Waals surface area contributed by atoms with Gasteiger partial charge in [0.1, 0.15) is 18.7 Å². The molecule has 0 aromatic heterocycles. The average Bonchev–Trinajstić information content (AvgIpc) is 2.81. The van der Waals surface area contributed by atoms with E-state index < -0.39 is 31.0 Å². The van der Waals surface area contributed by atoms with E-state index in [9.17, 15) is 23.1 Å². The number of rotatable bonds is 2. The lowest BCUT2D eigenvalue weighted by atomic mass is 10.1. The number of aliphatic hydroxyl groups excluding tert-OH is 1. The van der Waals surface area contributed by atoms with Gasteiger partial charge in [0.2, 0.25) is 0 Å². The number of ether oxygens (including phenoxy) is 1. The molecule has 0 radical (unpaired) electrons. The monoisotopic (exact) mass is 334 g/mol. The lowest BCUT2D eigenvalue weighted by Gasteiger charge is -2.28. The van der Waals surface area contributed by atoms with Gasteiger partial charge < -0.3 is 9.84 Å². The van der Waals surface area contributed by atoms with Crippen LogP contribution in [-0.2, 0) is 4.74 Å². The quantitative estimate of drug-likeness (QED) is 0.902. The van der Waals surface area contributed by atoms with Gasteiger partial charge in [-0.1, -0.05) is 11.6 Å². The number of amides is 1. The van der Waals surface area contributed by atoms with E-state index in [0.29, 0.717) is 4.90 Å². The smallest absolute Gasteiger partial charge is 0.416 e. The first kappa shape index (κ1) is 16.4. The fourth-order valence-corrected chi connectivity index (χ4v) is 2.39. The molecular weight excluding hydrogens is 325 g/mol. The van der Waals surface area contributed by atoms with Crippen molar-refractivity contribution in [2.75, 3.05) is 11.5 Å². The second-order valence-corrected chi connectivity index (χ2v) is 5.06. The van der Waals surface area contributed by atoms with Gasteiger partial charge in [-0.3, -0.25) is 4.90 Å². The fraction of sp³-hybridized carbons (Fsp3) is 0.385. The summed E-state index contributed by atoms with van der Waals surface area (Å²) in [6.45, 7) is 0.859. The molecule has 0 saturated carbocycles. The average molecular weight is 335 g/mol. The Morgan fingerprint density at radius 1 is 1.55 bits per heavy atom. The van der Waals surface area contributed by atoms with Gasteiger partial charge in [-0.25, -0.2) is 4.79 Å². The topological polar surface area (TPSA) is 73.6 Å². The number of halogens is 4. The number of cyclic esters (lactones) is 1. The molecule has 0 aliphatic carbocycles. The highest BCUT2D eigenvalue weighted by atomic mass is 35.5. The molecule has 9 heteroatoms. The molecule has 1 amide bonds. The van der Waals surface area contributed by atoms with Crippen molar-refractivity contribution in [2.45, 2.75) is 25.2 Å². The van der Waals surface area contributed by atoms with Crippen LogP contribution in [0.5, 0.6) is 0 Å². The van der Waals surface area contributed by atoms with Crippen molar-refractivity contribution in [1.82, 2.24) is 0 Å². The van der Waals surface area contributed by atoms with E-state index in [1.807, 2.05) is 6.07 Å². The van der Waals surface area contributed by atoms with Crippen LogP contribution < -0.4 is 4.90 Å². The third-order valence-corrected chi connectivity index (χ3v) is 3.83. The van der Waals surface area contributed by atoms with Crippen LogP contribution in [0.3, 0.4) is 0 Å². The van der Waals surface area contributed by atoms with Crippen LogP contribution in [0.1, 0.15) is 11.1 Å². The predicted octanol–water partition coefficient (Wildman–Crippen LogP) is 2.77. The third-order valence-electron chi connectivity index (χ3n) is 3.34. The zero-order chi connectivity index (χ0) is 16.7. The number of alkyl halides is 3. The summed E-state index contributed by atoms with van der Waals surface area (Å²) in [6.07, 6.45) is -8.67. The summed E-state index contributed by atoms with van der Waals surface area (Å²) in [5, 5.41) is 18.3. The normalized spacial score (nSPS) is 19.8. The van der Waals surface area contributed by atoms with Crippen molar-refractivity contribution < 1.29 is 27.8 Å². The summed E-state index contributed by atoms with van der Waals surface area (Å²) in [6, 6.07) is 2.79. The number of hydrogen-bond acceptors (Lipinski definition) is 4. The maximum Gasteiger partial charge on any atom is 0.416 e. The number of carbonyl (C=O) groups excluding carboxylic acids is 1. The SMILES string of the molecule is Cc1c(N2C(=O)OC[C@H]2[C@@H](O)C(F)(F)F)ccc(C#N)c1Cl. The lowest BCUT2D eigenvalue weighted by Crippen LogP contribution is -2.49. The van der Waals surface area contributed by atoms with Crippen LogP contribution in [0.4, 0.5) is 23.7 Å². The van der Waals surface area contributed by atoms with E-state index in [0.717, 1.165) is 0 Å². The van der Waals surface area contributed by atoms with Crippen molar-refractivity contribution in [3.8, 4) is 6.07 Å². The Labute approximate surface area is 128 Å². The minimum Gasteiger partial charge on any atom is -0.447 e. The molecule has 0 spiro atoms.